The zero-order valence-corrected chi connectivity index (χ0v) is 18.2. The molecular weight excluding hydrogens is 434 g/mol. The lowest BCUT2D eigenvalue weighted by atomic mass is 10.0. The van der Waals surface area contributed by atoms with E-state index in [0.29, 0.717) is 5.69 Å². The summed E-state index contributed by atoms with van der Waals surface area (Å²) in [6.45, 7) is 3.93. The maximum Gasteiger partial charge on any atom is 0.242 e. The van der Waals surface area contributed by atoms with Gasteiger partial charge in [0.05, 0.1) is 6.42 Å². The van der Waals surface area contributed by atoms with Gasteiger partial charge in [0, 0.05) is 23.1 Å². The minimum Gasteiger partial charge on any atom is -0.354 e. The van der Waals surface area contributed by atoms with E-state index in [4.69, 9.17) is 0 Å². The number of hydrogen-bond acceptors (Lipinski definition) is 3. The van der Waals surface area contributed by atoms with Crippen LogP contribution in [0.2, 0.25) is 0 Å². The van der Waals surface area contributed by atoms with Gasteiger partial charge in [-0.1, -0.05) is 60.1 Å². The summed E-state index contributed by atoms with van der Waals surface area (Å²) >= 11 is 3.34. The molecule has 3 amide bonds. The van der Waals surface area contributed by atoms with Crippen LogP contribution in [0.4, 0.5) is 5.69 Å². The van der Waals surface area contributed by atoms with E-state index in [1.165, 1.54) is 0 Å². The Hall–Kier alpha value is -2.67. The number of nitrogens with one attached hydrogen (secondary N) is 3. The van der Waals surface area contributed by atoms with Gasteiger partial charge in [-0.05, 0) is 35.7 Å². The molecule has 1 unspecified atom stereocenters. The van der Waals surface area contributed by atoms with Crippen LogP contribution in [0.15, 0.2) is 59.1 Å². The van der Waals surface area contributed by atoms with Crippen molar-refractivity contribution in [3.63, 3.8) is 0 Å². The van der Waals surface area contributed by atoms with Crippen LogP contribution >= 0.6 is 15.9 Å². The Balaban J connectivity index is 1.78. The highest BCUT2D eigenvalue weighted by Crippen LogP contribution is 2.14. The third kappa shape index (κ3) is 8.07. The second-order valence-corrected chi connectivity index (χ2v) is 7.96. The van der Waals surface area contributed by atoms with Crippen molar-refractivity contribution in [2.75, 3.05) is 11.9 Å². The Bertz CT molecular complexity index is 823. The second-order valence-electron chi connectivity index (χ2n) is 7.05. The van der Waals surface area contributed by atoms with Crippen LogP contribution in [0, 0.1) is 5.92 Å². The normalized spacial score (nSPS) is 11.6. The molecule has 154 valence electrons. The lowest BCUT2D eigenvalue weighted by Gasteiger charge is -2.21. The number of amides is 3. The van der Waals surface area contributed by atoms with Gasteiger partial charge in [0.1, 0.15) is 6.04 Å². The predicted molar refractivity (Wildman–Crippen MR) is 117 cm³/mol. The molecule has 2 aromatic rings. The molecule has 7 heteroatoms. The van der Waals surface area contributed by atoms with E-state index in [2.05, 4.69) is 31.9 Å². The molecule has 0 aromatic heterocycles. The first kappa shape index (κ1) is 22.6. The molecule has 0 spiro atoms. The molecule has 0 bridgehead atoms. The van der Waals surface area contributed by atoms with Gasteiger partial charge >= 0.3 is 0 Å². The molecule has 3 N–H and O–H groups in total. The van der Waals surface area contributed by atoms with Gasteiger partial charge in [-0.2, -0.15) is 0 Å². The summed E-state index contributed by atoms with van der Waals surface area (Å²) in [5, 5.41) is 8.30. The smallest absolute Gasteiger partial charge is 0.242 e. The van der Waals surface area contributed by atoms with Crippen LogP contribution in [0.25, 0.3) is 0 Å². The number of anilines is 1. The highest BCUT2D eigenvalue weighted by molar-refractivity contribution is 9.10. The maximum atomic E-state index is 12.5. The van der Waals surface area contributed by atoms with Gasteiger partial charge in [0.25, 0.3) is 0 Å². The number of carbonyl (C=O) groups excluding carboxylic acids is 3. The molecule has 2 rings (SSSR count). The zero-order valence-electron chi connectivity index (χ0n) is 16.6. The maximum absolute atomic E-state index is 12.5. The van der Waals surface area contributed by atoms with E-state index >= 15 is 0 Å². The van der Waals surface area contributed by atoms with Crippen LogP contribution in [0.5, 0.6) is 0 Å². The molecule has 0 aliphatic carbocycles. The Morgan fingerprint density at radius 1 is 0.931 bits per heavy atom. The van der Waals surface area contributed by atoms with Crippen molar-refractivity contribution in [1.82, 2.24) is 10.6 Å². The molecule has 2 aromatic carbocycles. The van der Waals surface area contributed by atoms with Crippen molar-refractivity contribution in [2.24, 2.45) is 5.92 Å². The number of rotatable bonds is 9. The number of halogens is 1. The van der Waals surface area contributed by atoms with Gasteiger partial charge in [-0.3, -0.25) is 14.4 Å². The molecular formula is C22H26BrN3O3. The van der Waals surface area contributed by atoms with Crippen LogP contribution in [-0.4, -0.2) is 30.3 Å². The lowest BCUT2D eigenvalue weighted by molar-refractivity contribution is -0.129. The highest BCUT2D eigenvalue weighted by Gasteiger charge is 2.24. The fraction of sp³-hybridized carbons (Fsp3) is 0.318. The second kappa shape index (κ2) is 11.4. The fourth-order valence-electron chi connectivity index (χ4n) is 2.71. The van der Waals surface area contributed by atoms with E-state index in [-0.39, 0.29) is 43.0 Å². The summed E-state index contributed by atoms with van der Waals surface area (Å²) in [5.74, 6) is -0.774. The molecule has 0 aliphatic heterocycles. The summed E-state index contributed by atoms with van der Waals surface area (Å²) in [5.41, 5.74) is 1.58. The van der Waals surface area contributed by atoms with Crippen molar-refractivity contribution < 1.29 is 14.4 Å². The summed E-state index contributed by atoms with van der Waals surface area (Å²) in [4.78, 5) is 36.8. The number of hydrogen-bond donors (Lipinski definition) is 3. The monoisotopic (exact) mass is 459 g/mol. The van der Waals surface area contributed by atoms with Crippen LogP contribution < -0.4 is 16.0 Å². The first-order chi connectivity index (χ1) is 13.8. The van der Waals surface area contributed by atoms with Gasteiger partial charge in [0.2, 0.25) is 17.7 Å². The average molecular weight is 460 g/mol. The summed E-state index contributed by atoms with van der Waals surface area (Å²) in [6, 6.07) is 16.0. The Morgan fingerprint density at radius 3 is 2.21 bits per heavy atom. The molecule has 0 fully saturated rings. The topological polar surface area (TPSA) is 87.3 Å². The zero-order chi connectivity index (χ0) is 21.2. The van der Waals surface area contributed by atoms with E-state index in [1.807, 2.05) is 56.3 Å². The van der Waals surface area contributed by atoms with Crippen molar-refractivity contribution in [1.29, 1.82) is 0 Å². The summed E-state index contributed by atoms with van der Waals surface area (Å²) < 4.78 is 0.928. The van der Waals surface area contributed by atoms with Crippen molar-refractivity contribution in [3.05, 3.63) is 64.6 Å². The molecule has 0 radical (unpaired) electrons. The lowest BCUT2D eigenvalue weighted by Crippen LogP contribution is -2.50. The predicted octanol–water partition coefficient (Wildman–Crippen LogP) is 3.28. The third-order valence-corrected chi connectivity index (χ3v) is 4.78. The Morgan fingerprint density at radius 2 is 1.59 bits per heavy atom. The first-order valence-electron chi connectivity index (χ1n) is 9.51. The van der Waals surface area contributed by atoms with E-state index in [0.717, 1.165) is 10.0 Å². The molecule has 0 aliphatic rings. The standard InChI is InChI=1S/C22H26BrN3O3/c1-15(2)21(26-20(28)14-16-6-4-3-5-7-16)22(29)24-13-12-19(27)25-18-10-8-17(23)9-11-18/h3-11,15,21H,12-14H2,1-2H3,(H,24,29)(H,25,27)(H,26,28). The quantitative estimate of drug-likeness (QED) is 0.537. The van der Waals surface area contributed by atoms with Gasteiger partial charge in [-0.25, -0.2) is 0 Å². The minimum absolute atomic E-state index is 0.0775. The summed E-state index contributed by atoms with van der Waals surface area (Å²) in [6.07, 6.45) is 0.359. The van der Waals surface area contributed by atoms with Gasteiger partial charge in [-0.15, -0.1) is 0 Å². The van der Waals surface area contributed by atoms with Crippen LogP contribution in [0.1, 0.15) is 25.8 Å². The van der Waals surface area contributed by atoms with Crippen LogP contribution in [0.3, 0.4) is 0 Å². The number of benzene rings is 2. The fourth-order valence-corrected chi connectivity index (χ4v) is 2.97. The molecule has 0 saturated carbocycles. The van der Waals surface area contributed by atoms with E-state index in [1.54, 1.807) is 12.1 Å². The van der Waals surface area contributed by atoms with Crippen LogP contribution in [-0.2, 0) is 20.8 Å². The third-order valence-electron chi connectivity index (χ3n) is 4.25. The molecule has 0 heterocycles. The van der Waals surface area contributed by atoms with Crippen molar-refractivity contribution in [2.45, 2.75) is 32.7 Å². The van der Waals surface area contributed by atoms with Crippen molar-refractivity contribution >= 4 is 39.3 Å². The largest absolute Gasteiger partial charge is 0.354 e. The SMILES string of the molecule is CC(C)C(NC(=O)Cc1ccccc1)C(=O)NCCC(=O)Nc1ccc(Br)cc1. The molecule has 0 saturated heterocycles. The Labute approximate surface area is 179 Å². The first-order valence-corrected chi connectivity index (χ1v) is 10.3. The molecule has 6 nitrogen and oxygen atoms in total. The molecule has 29 heavy (non-hydrogen) atoms. The minimum atomic E-state index is -0.652. The molecule has 1 atom stereocenters. The number of carbonyl (C=O) groups is 3. The Kier molecular flexibility index (Phi) is 8.86. The van der Waals surface area contributed by atoms with Crippen molar-refractivity contribution in [3.8, 4) is 0 Å². The van der Waals surface area contributed by atoms with Gasteiger partial charge < -0.3 is 16.0 Å². The van der Waals surface area contributed by atoms with E-state index < -0.39 is 6.04 Å². The van der Waals surface area contributed by atoms with E-state index in [9.17, 15) is 14.4 Å². The average Bonchev–Trinajstić information content (AvgIpc) is 2.68. The highest BCUT2D eigenvalue weighted by atomic mass is 79.9. The van der Waals surface area contributed by atoms with Gasteiger partial charge in [0.15, 0.2) is 0 Å². The summed E-state index contributed by atoms with van der Waals surface area (Å²) in [7, 11) is 0.